The predicted molar refractivity (Wildman–Crippen MR) is 94.0 cm³/mol. The van der Waals surface area contributed by atoms with Crippen molar-refractivity contribution in [2.24, 2.45) is 5.92 Å². The minimum atomic E-state index is 0.536. The molecule has 0 saturated heterocycles. The van der Waals surface area contributed by atoms with Crippen LogP contribution in [0.15, 0.2) is 0 Å². The first kappa shape index (κ1) is 19.4. The first-order valence-corrected chi connectivity index (χ1v) is 9.51. The molecule has 0 amide bonds. The van der Waals surface area contributed by atoms with Gasteiger partial charge in [0.15, 0.2) is 0 Å². The summed E-state index contributed by atoms with van der Waals surface area (Å²) >= 11 is 0. The number of rotatable bonds is 13. The highest BCUT2D eigenvalue weighted by atomic mass is 31.0. The molecule has 0 heterocycles. The Kier molecular flexibility index (Phi) is 12.5. The molecule has 2 unspecified atom stereocenters. The van der Waals surface area contributed by atoms with Gasteiger partial charge in [0.25, 0.3) is 0 Å². The van der Waals surface area contributed by atoms with E-state index in [0.717, 1.165) is 5.92 Å². The highest BCUT2D eigenvalue weighted by Gasteiger charge is 2.31. The summed E-state index contributed by atoms with van der Waals surface area (Å²) in [7, 11) is 3.31. The maximum Gasteiger partial charge on any atom is -0.0122 e. The molecular weight excluding hydrogens is 247 g/mol. The van der Waals surface area contributed by atoms with E-state index in [1.165, 1.54) is 77.0 Å². The summed E-state index contributed by atoms with van der Waals surface area (Å²) in [6.07, 6.45) is 16.8. The topological polar surface area (TPSA) is 0 Å². The Bertz CT molecular complexity index is 178. The Morgan fingerprint density at radius 1 is 0.737 bits per heavy atom. The van der Waals surface area contributed by atoms with Crippen molar-refractivity contribution in [1.29, 1.82) is 0 Å². The Balaban J connectivity index is 4.48. The molecule has 0 aliphatic carbocycles. The van der Waals surface area contributed by atoms with Gasteiger partial charge in [0.1, 0.15) is 0 Å². The van der Waals surface area contributed by atoms with Crippen molar-refractivity contribution in [3.8, 4) is 0 Å². The van der Waals surface area contributed by atoms with Gasteiger partial charge in [-0.25, -0.2) is 0 Å². The van der Waals surface area contributed by atoms with E-state index in [1.54, 1.807) is 0 Å². The summed E-state index contributed by atoms with van der Waals surface area (Å²) in [5, 5.41) is 0.536. The average molecular weight is 286 g/mol. The molecule has 0 rings (SSSR count). The zero-order valence-electron chi connectivity index (χ0n) is 14.1. The second kappa shape index (κ2) is 12.2. The maximum atomic E-state index is 3.31. The summed E-state index contributed by atoms with van der Waals surface area (Å²) in [6.45, 7) is 9.36. The van der Waals surface area contributed by atoms with Gasteiger partial charge in [-0.05, 0) is 30.3 Å². The molecule has 2 atom stereocenters. The zero-order chi connectivity index (χ0) is 14.6. The summed E-state index contributed by atoms with van der Waals surface area (Å²) in [4.78, 5) is 0. The van der Waals surface area contributed by atoms with Crippen LogP contribution in [-0.4, -0.2) is 5.16 Å². The number of hydrogen-bond acceptors (Lipinski definition) is 0. The molecule has 1 heteroatoms. The van der Waals surface area contributed by atoms with E-state index in [9.17, 15) is 0 Å². The fourth-order valence-corrected chi connectivity index (χ4v) is 4.10. The monoisotopic (exact) mass is 286 g/mol. The number of unbranched alkanes of at least 4 members (excludes halogenated alkanes) is 5. The summed E-state index contributed by atoms with van der Waals surface area (Å²) in [6, 6.07) is 0. The molecule has 0 nitrogen and oxygen atoms in total. The molecule has 0 aromatic rings. The van der Waals surface area contributed by atoms with Crippen LogP contribution < -0.4 is 0 Å². The van der Waals surface area contributed by atoms with E-state index in [2.05, 4.69) is 36.9 Å². The van der Waals surface area contributed by atoms with E-state index >= 15 is 0 Å². The smallest absolute Gasteiger partial charge is 0.0122 e. The van der Waals surface area contributed by atoms with Crippen LogP contribution in [0.1, 0.15) is 105 Å². The van der Waals surface area contributed by atoms with Crippen molar-refractivity contribution in [2.75, 3.05) is 0 Å². The third kappa shape index (κ3) is 8.34. The van der Waals surface area contributed by atoms with Crippen molar-refractivity contribution < 1.29 is 0 Å². The van der Waals surface area contributed by atoms with Crippen molar-refractivity contribution in [3.63, 3.8) is 0 Å². The summed E-state index contributed by atoms with van der Waals surface area (Å²) in [5.74, 6) is 0.922. The van der Waals surface area contributed by atoms with E-state index in [-0.39, 0.29) is 0 Å². The van der Waals surface area contributed by atoms with Gasteiger partial charge < -0.3 is 0 Å². The van der Waals surface area contributed by atoms with Gasteiger partial charge in [-0.2, -0.15) is 0 Å². The molecular formula is C18H39P. The molecule has 0 fully saturated rings. The Hall–Kier alpha value is 0.430. The molecule has 0 saturated carbocycles. The van der Waals surface area contributed by atoms with Gasteiger partial charge in [-0.3, -0.25) is 0 Å². The lowest BCUT2D eigenvalue weighted by atomic mass is 9.78. The SMILES string of the molecule is CCCCCC(P)(CCCCC)C(CC)CCCC. The van der Waals surface area contributed by atoms with Crippen LogP contribution >= 0.6 is 9.24 Å². The fraction of sp³-hybridized carbons (Fsp3) is 1.00. The Labute approximate surface area is 125 Å². The van der Waals surface area contributed by atoms with Crippen LogP contribution in [0.3, 0.4) is 0 Å². The van der Waals surface area contributed by atoms with Crippen LogP contribution in [-0.2, 0) is 0 Å². The molecule has 0 aromatic heterocycles. The summed E-state index contributed by atoms with van der Waals surface area (Å²) < 4.78 is 0. The van der Waals surface area contributed by atoms with Gasteiger partial charge in [-0.15, -0.1) is 9.24 Å². The molecule has 0 N–H and O–H groups in total. The molecule has 0 spiro atoms. The van der Waals surface area contributed by atoms with Crippen molar-refractivity contribution in [2.45, 2.75) is 110 Å². The van der Waals surface area contributed by atoms with Gasteiger partial charge in [-0.1, -0.05) is 85.5 Å². The highest BCUT2D eigenvalue weighted by molar-refractivity contribution is 7.19. The van der Waals surface area contributed by atoms with E-state index in [4.69, 9.17) is 0 Å². The third-order valence-electron chi connectivity index (χ3n) is 4.70. The Morgan fingerprint density at radius 2 is 1.21 bits per heavy atom. The molecule has 0 aromatic carbocycles. The molecule has 0 aliphatic heterocycles. The van der Waals surface area contributed by atoms with Crippen molar-refractivity contribution >= 4 is 9.24 Å². The normalized spacial score (nSPS) is 13.7. The van der Waals surface area contributed by atoms with E-state index in [0.29, 0.717) is 5.16 Å². The number of hydrogen-bond donors (Lipinski definition) is 0. The molecule has 116 valence electrons. The lowest BCUT2D eigenvalue weighted by Crippen LogP contribution is -2.31. The third-order valence-corrected chi connectivity index (χ3v) is 5.75. The highest BCUT2D eigenvalue weighted by Crippen LogP contribution is 2.42. The van der Waals surface area contributed by atoms with Crippen LogP contribution in [0, 0.1) is 5.92 Å². The van der Waals surface area contributed by atoms with Gasteiger partial charge in [0.05, 0.1) is 0 Å². The van der Waals surface area contributed by atoms with Crippen LogP contribution in [0.25, 0.3) is 0 Å². The maximum absolute atomic E-state index is 3.31. The predicted octanol–water partition coefficient (Wildman–Crippen LogP) is 6.98. The quantitative estimate of drug-likeness (QED) is 0.253. The van der Waals surface area contributed by atoms with Gasteiger partial charge in [0, 0.05) is 0 Å². The lowest BCUT2D eigenvalue weighted by molar-refractivity contribution is 0.287. The van der Waals surface area contributed by atoms with Crippen molar-refractivity contribution in [3.05, 3.63) is 0 Å². The summed E-state index contributed by atoms with van der Waals surface area (Å²) in [5.41, 5.74) is 0. The first-order chi connectivity index (χ1) is 9.14. The Morgan fingerprint density at radius 3 is 1.58 bits per heavy atom. The minimum absolute atomic E-state index is 0.536. The van der Waals surface area contributed by atoms with Gasteiger partial charge >= 0.3 is 0 Å². The molecule has 0 radical (unpaired) electrons. The largest absolute Gasteiger partial charge is 0.131 e. The van der Waals surface area contributed by atoms with Crippen LogP contribution in [0.4, 0.5) is 0 Å². The standard InChI is InChI=1S/C18H39P/c1-5-9-12-15-18(19,16-13-10-6-2)17(8-4)14-11-7-3/h17H,5-16,19H2,1-4H3. The lowest BCUT2D eigenvalue weighted by Gasteiger charge is -2.38. The minimum Gasteiger partial charge on any atom is -0.131 e. The first-order valence-electron chi connectivity index (χ1n) is 8.93. The van der Waals surface area contributed by atoms with E-state index < -0.39 is 0 Å². The van der Waals surface area contributed by atoms with Crippen LogP contribution in [0.5, 0.6) is 0 Å². The van der Waals surface area contributed by atoms with Crippen LogP contribution in [0.2, 0.25) is 0 Å². The molecule has 0 aliphatic rings. The second-order valence-electron chi connectivity index (χ2n) is 6.39. The zero-order valence-corrected chi connectivity index (χ0v) is 15.3. The molecule has 0 bridgehead atoms. The van der Waals surface area contributed by atoms with E-state index in [1.807, 2.05) is 0 Å². The van der Waals surface area contributed by atoms with Crippen molar-refractivity contribution in [1.82, 2.24) is 0 Å². The van der Waals surface area contributed by atoms with Gasteiger partial charge in [0.2, 0.25) is 0 Å². The molecule has 19 heavy (non-hydrogen) atoms. The second-order valence-corrected chi connectivity index (χ2v) is 7.54. The average Bonchev–Trinajstić information content (AvgIpc) is 2.40. The fourth-order valence-electron chi connectivity index (χ4n) is 3.29.